The quantitative estimate of drug-likeness (QED) is 0.795. The number of aryl methyl sites for hydroxylation is 2. The summed E-state index contributed by atoms with van der Waals surface area (Å²) in [6.45, 7) is 3.78. The van der Waals surface area contributed by atoms with Crippen molar-refractivity contribution in [1.82, 2.24) is 4.98 Å². The maximum absolute atomic E-state index is 13.2. The molecule has 2 aromatic rings. The lowest BCUT2D eigenvalue weighted by atomic mass is 9.97. The number of anilines is 1. The number of aromatic nitrogens is 1. The fraction of sp³-hybridized carbons (Fsp3) is 0.154. The molecule has 0 bridgehead atoms. The largest absolute Gasteiger partial charge is 0.384 e. The molecule has 0 aliphatic heterocycles. The molecule has 2 N–H and O–H groups in total. The number of pyridine rings is 1. The lowest BCUT2D eigenvalue weighted by molar-refractivity contribution is 0.625. The van der Waals surface area contributed by atoms with Gasteiger partial charge < -0.3 is 5.73 Å². The molecule has 0 saturated heterocycles. The summed E-state index contributed by atoms with van der Waals surface area (Å²) in [5.74, 6) is 0.281. The zero-order valence-corrected chi connectivity index (χ0v) is 9.29. The summed E-state index contributed by atoms with van der Waals surface area (Å²) in [6, 6.07) is 6.70. The standard InChI is InChI=1S/C13H13FN2/c1-8-5-11(14)6-9(2)13(8)10-3-4-12(15)16-7-10/h3-7H,1-2H3,(H2,15,16). The molecule has 2 nitrogen and oxygen atoms in total. The van der Waals surface area contributed by atoms with Crippen molar-refractivity contribution in [2.75, 3.05) is 5.73 Å². The van der Waals surface area contributed by atoms with Gasteiger partial charge in [0, 0.05) is 11.8 Å². The number of rotatable bonds is 1. The first-order chi connectivity index (χ1) is 7.58. The van der Waals surface area contributed by atoms with Crippen molar-refractivity contribution in [2.24, 2.45) is 0 Å². The summed E-state index contributed by atoms with van der Waals surface area (Å²) in [7, 11) is 0. The van der Waals surface area contributed by atoms with Crippen LogP contribution in [0.2, 0.25) is 0 Å². The van der Waals surface area contributed by atoms with E-state index in [0.29, 0.717) is 5.82 Å². The number of nitrogens with two attached hydrogens (primary N) is 1. The number of hydrogen-bond acceptors (Lipinski definition) is 2. The first-order valence-corrected chi connectivity index (χ1v) is 5.06. The van der Waals surface area contributed by atoms with Crippen LogP contribution in [0.1, 0.15) is 11.1 Å². The lowest BCUT2D eigenvalue weighted by Gasteiger charge is -2.10. The Morgan fingerprint density at radius 1 is 1.12 bits per heavy atom. The summed E-state index contributed by atoms with van der Waals surface area (Å²) in [4.78, 5) is 4.04. The molecular formula is C13H13FN2. The molecule has 2 rings (SSSR count). The third-order valence-corrected chi connectivity index (χ3v) is 2.57. The van der Waals surface area contributed by atoms with E-state index >= 15 is 0 Å². The molecule has 16 heavy (non-hydrogen) atoms. The van der Waals surface area contributed by atoms with Gasteiger partial charge in [-0.05, 0) is 54.8 Å². The first kappa shape index (κ1) is 10.6. The van der Waals surface area contributed by atoms with E-state index in [-0.39, 0.29) is 5.82 Å². The SMILES string of the molecule is Cc1cc(F)cc(C)c1-c1ccc(N)nc1. The highest BCUT2D eigenvalue weighted by atomic mass is 19.1. The number of nitrogen functional groups attached to an aromatic ring is 1. The molecule has 0 fully saturated rings. The van der Waals surface area contributed by atoms with Crippen molar-refractivity contribution in [3.63, 3.8) is 0 Å². The van der Waals surface area contributed by atoms with Gasteiger partial charge in [0.05, 0.1) is 0 Å². The Hall–Kier alpha value is -1.90. The predicted molar refractivity (Wildman–Crippen MR) is 63.5 cm³/mol. The molecule has 82 valence electrons. The predicted octanol–water partition coefficient (Wildman–Crippen LogP) is 3.09. The van der Waals surface area contributed by atoms with Gasteiger partial charge in [-0.15, -0.1) is 0 Å². The van der Waals surface area contributed by atoms with E-state index in [0.717, 1.165) is 22.3 Å². The minimum Gasteiger partial charge on any atom is -0.384 e. The second-order valence-electron chi connectivity index (χ2n) is 3.89. The minimum absolute atomic E-state index is 0.206. The van der Waals surface area contributed by atoms with E-state index in [1.165, 1.54) is 12.1 Å². The van der Waals surface area contributed by atoms with Crippen LogP contribution in [0.4, 0.5) is 10.2 Å². The summed E-state index contributed by atoms with van der Waals surface area (Å²) in [6.07, 6.45) is 1.71. The summed E-state index contributed by atoms with van der Waals surface area (Å²) < 4.78 is 13.2. The van der Waals surface area contributed by atoms with Crippen LogP contribution in [-0.4, -0.2) is 4.98 Å². The van der Waals surface area contributed by atoms with Crippen LogP contribution in [0.25, 0.3) is 11.1 Å². The van der Waals surface area contributed by atoms with Crippen LogP contribution in [0, 0.1) is 19.7 Å². The zero-order chi connectivity index (χ0) is 11.7. The highest BCUT2D eigenvalue weighted by Gasteiger charge is 2.07. The molecule has 0 spiro atoms. The van der Waals surface area contributed by atoms with Gasteiger partial charge in [0.15, 0.2) is 0 Å². The lowest BCUT2D eigenvalue weighted by Crippen LogP contribution is -1.93. The van der Waals surface area contributed by atoms with Crippen molar-refractivity contribution in [2.45, 2.75) is 13.8 Å². The van der Waals surface area contributed by atoms with E-state index in [4.69, 9.17) is 5.73 Å². The molecule has 0 aliphatic carbocycles. The van der Waals surface area contributed by atoms with E-state index in [1.807, 2.05) is 19.9 Å². The maximum Gasteiger partial charge on any atom is 0.123 e. The molecule has 0 saturated carbocycles. The fourth-order valence-corrected chi connectivity index (χ4v) is 1.92. The normalized spacial score (nSPS) is 10.4. The molecular weight excluding hydrogens is 203 g/mol. The number of benzene rings is 1. The van der Waals surface area contributed by atoms with Crippen LogP contribution in [0.5, 0.6) is 0 Å². The monoisotopic (exact) mass is 216 g/mol. The Balaban J connectivity index is 2.60. The second-order valence-corrected chi connectivity index (χ2v) is 3.89. The Bertz CT molecular complexity index is 495. The Morgan fingerprint density at radius 3 is 2.25 bits per heavy atom. The van der Waals surface area contributed by atoms with Gasteiger partial charge in [-0.3, -0.25) is 0 Å². The van der Waals surface area contributed by atoms with Crippen molar-refractivity contribution < 1.29 is 4.39 Å². The minimum atomic E-state index is -0.206. The number of nitrogens with zero attached hydrogens (tertiary/aromatic N) is 1. The van der Waals surface area contributed by atoms with E-state index in [1.54, 1.807) is 12.3 Å². The van der Waals surface area contributed by atoms with Gasteiger partial charge in [0.1, 0.15) is 11.6 Å². The molecule has 0 radical (unpaired) electrons. The van der Waals surface area contributed by atoms with Gasteiger partial charge in [0.2, 0.25) is 0 Å². The van der Waals surface area contributed by atoms with Crippen molar-refractivity contribution in [3.8, 4) is 11.1 Å². The molecule has 0 atom stereocenters. The van der Waals surface area contributed by atoms with Gasteiger partial charge in [-0.25, -0.2) is 9.37 Å². The van der Waals surface area contributed by atoms with Crippen LogP contribution in [0.3, 0.4) is 0 Å². The first-order valence-electron chi connectivity index (χ1n) is 5.06. The van der Waals surface area contributed by atoms with Crippen LogP contribution >= 0.6 is 0 Å². The zero-order valence-electron chi connectivity index (χ0n) is 9.29. The Labute approximate surface area is 93.9 Å². The molecule has 0 aliphatic rings. The number of hydrogen-bond donors (Lipinski definition) is 1. The van der Waals surface area contributed by atoms with Crippen molar-refractivity contribution >= 4 is 5.82 Å². The van der Waals surface area contributed by atoms with Gasteiger partial charge in [0.25, 0.3) is 0 Å². The second kappa shape index (κ2) is 3.93. The summed E-state index contributed by atoms with van der Waals surface area (Å²) >= 11 is 0. The molecule has 1 aromatic carbocycles. The Kier molecular flexibility index (Phi) is 2.60. The van der Waals surface area contributed by atoms with Gasteiger partial charge >= 0.3 is 0 Å². The average Bonchev–Trinajstić information content (AvgIpc) is 2.19. The highest BCUT2D eigenvalue weighted by Crippen LogP contribution is 2.27. The topological polar surface area (TPSA) is 38.9 Å². The van der Waals surface area contributed by atoms with Crippen molar-refractivity contribution in [3.05, 3.63) is 47.4 Å². The molecule has 1 heterocycles. The third-order valence-electron chi connectivity index (χ3n) is 2.57. The Morgan fingerprint density at radius 2 is 1.75 bits per heavy atom. The third kappa shape index (κ3) is 1.89. The molecule has 1 aromatic heterocycles. The smallest absolute Gasteiger partial charge is 0.123 e. The fourth-order valence-electron chi connectivity index (χ4n) is 1.92. The summed E-state index contributed by atoms with van der Waals surface area (Å²) in [5, 5.41) is 0. The number of halogens is 1. The highest BCUT2D eigenvalue weighted by molar-refractivity contribution is 5.70. The van der Waals surface area contributed by atoms with Gasteiger partial charge in [-0.1, -0.05) is 0 Å². The van der Waals surface area contributed by atoms with Crippen LogP contribution < -0.4 is 5.73 Å². The van der Waals surface area contributed by atoms with E-state index in [9.17, 15) is 4.39 Å². The average molecular weight is 216 g/mol. The molecule has 0 unspecified atom stereocenters. The van der Waals surface area contributed by atoms with E-state index < -0.39 is 0 Å². The van der Waals surface area contributed by atoms with Crippen LogP contribution in [-0.2, 0) is 0 Å². The van der Waals surface area contributed by atoms with Crippen molar-refractivity contribution in [1.29, 1.82) is 0 Å². The van der Waals surface area contributed by atoms with E-state index in [2.05, 4.69) is 4.98 Å². The maximum atomic E-state index is 13.2. The van der Waals surface area contributed by atoms with Crippen LogP contribution in [0.15, 0.2) is 30.5 Å². The molecule has 0 amide bonds. The molecule has 3 heteroatoms. The summed E-state index contributed by atoms with van der Waals surface area (Å²) in [5.41, 5.74) is 9.33. The van der Waals surface area contributed by atoms with Gasteiger partial charge in [-0.2, -0.15) is 0 Å².